The van der Waals surface area contributed by atoms with Crippen LogP contribution in [0.1, 0.15) is 10.5 Å². The first-order chi connectivity index (χ1) is 9.37. The molecule has 1 amide bonds. The lowest BCUT2D eigenvalue weighted by Crippen LogP contribution is -2.50. The standard InChI is InChI=1S/C10H13N3O5S2/c1-12-3-4-13(5-7(12)14)20(16,17)10-8(9(15)18-2)11-6-19-10/h6H,3-5H2,1-2H3. The third-order valence-corrected chi connectivity index (χ3v) is 6.10. The molecule has 0 aromatic carbocycles. The van der Waals surface area contributed by atoms with Gasteiger partial charge in [-0.15, -0.1) is 11.3 Å². The van der Waals surface area contributed by atoms with E-state index in [0.717, 1.165) is 22.8 Å². The van der Waals surface area contributed by atoms with Crippen LogP contribution in [0.2, 0.25) is 0 Å². The molecule has 0 bridgehead atoms. The van der Waals surface area contributed by atoms with E-state index in [2.05, 4.69) is 9.72 Å². The molecule has 0 radical (unpaired) electrons. The highest BCUT2D eigenvalue weighted by Gasteiger charge is 2.35. The fraction of sp³-hybridized carbons (Fsp3) is 0.500. The van der Waals surface area contributed by atoms with Crippen molar-refractivity contribution in [2.24, 2.45) is 0 Å². The van der Waals surface area contributed by atoms with Gasteiger partial charge < -0.3 is 9.64 Å². The fourth-order valence-electron chi connectivity index (χ4n) is 1.71. The minimum atomic E-state index is -3.92. The van der Waals surface area contributed by atoms with Gasteiger partial charge in [-0.3, -0.25) is 4.79 Å². The fourth-order valence-corrected chi connectivity index (χ4v) is 4.36. The van der Waals surface area contributed by atoms with E-state index in [-0.39, 0.29) is 28.9 Å². The summed E-state index contributed by atoms with van der Waals surface area (Å²) in [6, 6.07) is 0. The lowest BCUT2D eigenvalue weighted by atomic mass is 10.4. The average molecular weight is 319 g/mol. The molecule has 8 nitrogen and oxygen atoms in total. The lowest BCUT2D eigenvalue weighted by molar-refractivity contribution is -0.132. The number of hydrogen-bond acceptors (Lipinski definition) is 7. The lowest BCUT2D eigenvalue weighted by Gasteiger charge is -2.30. The van der Waals surface area contributed by atoms with E-state index < -0.39 is 16.0 Å². The molecule has 1 saturated heterocycles. The number of carbonyl (C=O) groups is 2. The van der Waals surface area contributed by atoms with Crippen molar-refractivity contribution in [3.63, 3.8) is 0 Å². The molecule has 0 aliphatic carbocycles. The summed E-state index contributed by atoms with van der Waals surface area (Å²) in [7, 11) is -1.16. The number of likely N-dealkylation sites (N-methyl/N-ethyl adjacent to an activating group) is 1. The van der Waals surface area contributed by atoms with Gasteiger partial charge in [-0.1, -0.05) is 0 Å². The van der Waals surface area contributed by atoms with Crippen LogP contribution in [0.5, 0.6) is 0 Å². The van der Waals surface area contributed by atoms with Crippen LogP contribution in [0.25, 0.3) is 0 Å². The molecule has 2 rings (SSSR count). The highest BCUT2D eigenvalue weighted by atomic mass is 32.2. The number of esters is 1. The van der Waals surface area contributed by atoms with E-state index in [4.69, 9.17) is 0 Å². The molecule has 1 aliphatic heterocycles. The molecule has 20 heavy (non-hydrogen) atoms. The van der Waals surface area contributed by atoms with Gasteiger partial charge in [0.15, 0.2) is 9.90 Å². The summed E-state index contributed by atoms with van der Waals surface area (Å²) in [5, 5.41) is 0. The largest absolute Gasteiger partial charge is 0.464 e. The molecule has 110 valence electrons. The molecule has 0 unspecified atom stereocenters. The van der Waals surface area contributed by atoms with Gasteiger partial charge in [-0.25, -0.2) is 18.2 Å². The molecule has 0 N–H and O–H groups in total. The number of hydrogen-bond donors (Lipinski definition) is 0. The number of aromatic nitrogens is 1. The highest BCUT2D eigenvalue weighted by molar-refractivity contribution is 7.91. The smallest absolute Gasteiger partial charge is 0.358 e. The van der Waals surface area contributed by atoms with Crippen LogP contribution in [0.4, 0.5) is 0 Å². The molecular weight excluding hydrogens is 306 g/mol. The van der Waals surface area contributed by atoms with E-state index >= 15 is 0 Å². The van der Waals surface area contributed by atoms with Crippen LogP contribution in [0.3, 0.4) is 0 Å². The Hall–Kier alpha value is -1.52. The zero-order chi connectivity index (χ0) is 14.9. The first-order valence-corrected chi connectivity index (χ1v) is 7.96. The maximum absolute atomic E-state index is 12.5. The SMILES string of the molecule is COC(=O)c1ncsc1S(=O)(=O)N1CCN(C)C(=O)C1. The molecule has 1 aliphatic rings. The number of sulfonamides is 1. The summed E-state index contributed by atoms with van der Waals surface area (Å²) >= 11 is 0.829. The Labute approximate surface area is 120 Å². The van der Waals surface area contributed by atoms with Crippen molar-refractivity contribution in [2.75, 3.05) is 33.8 Å². The predicted octanol–water partition coefficient (Wildman–Crippen LogP) is -0.608. The van der Waals surface area contributed by atoms with E-state index in [1.54, 1.807) is 7.05 Å². The maximum Gasteiger partial charge on any atom is 0.358 e. The monoisotopic (exact) mass is 319 g/mol. The number of amides is 1. The van der Waals surface area contributed by atoms with Gasteiger partial charge in [0.2, 0.25) is 5.91 Å². The van der Waals surface area contributed by atoms with Crippen molar-refractivity contribution in [3.8, 4) is 0 Å². The summed E-state index contributed by atoms with van der Waals surface area (Å²) < 4.78 is 30.3. The number of methoxy groups -OCH3 is 1. The number of carbonyl (C=O) groups excluding carboxylic acids is 2. The zero-order valence-electron chi connectivity index (χ0n) is 10.9. The van der Waals surface area contributed by atoms with Gasteiger partial charge in [0.1, 0.15) is 0 Å². The molecule has 0 saturated carbocycles. The van der Waals surface area contributed by atoms with Crippen LogP contribution >= 0.6 is 11.3 Å². The van der Waals surface area contributed by atoms with Crippen molar-refractivity contribution in [1.29, 1.82) is 0 Å². The van der Waals surface area contributed by atoms with E-state index in [9.17, 15) is 18.0 Å². The van der Waals surface area contributed by atoms with E-state index in [1.807, 2.05) is 0 Å². The molecule has 1 fully saturated rings. The second kappa shape index (κ2) is 5.46. The topological polar surface area (TPSA) is 96.9 Å². The number of thiazole rings is 1. The number of nitrogens with zero attached hydrogens (tertiary/aromatic N) is 3. The third kappa shape index (κ3) is 2.53. The van der Waals surface area contributed by atoms with Gasteiger partial charge in [0.05, 0.1) is 19.2 Å². The van der Waals surface area contributed by atoms with Gasteiger partial charge in [0, 0.05) is 20.1 Å². The summed E-state index contributed by atoms with van der Waals surface area (Å²) in [6.07, 6.45) is 0. The van der Waals surface area contributed by atoms with Crippen LogP contribution in [-0.2, 0) is 19.6 Å². The summed E-state index contributed by atoms with van der Waals surface area (Å²) in [5.74, 6) is -1.10. The predicted molar refractivity (Wildman–Crippen MR) is 69.8 cm³/mol. The Balaban J connectivity index is 2.34. The Morgan fingerprint density at radius 2 is 2.15 bits per heavy atom. The zero-order valence-corrected chi connectivity index (χ0v) is 12.5. The third-order valence-electron chi connectivity index (χ3n) is 2.91. The van der Waals surface area contributed by atoms with Crippen molar-refractivity contribution in [2.45, 2.75) is 4.21 Å². The maximum atomic E-state index is 12.5. The number of ether oxygens (including phenoxy) is 1. The normalized spacial score (nSPS) is 17.3. The number of rotatable bonds is 3. The molecule has 1 aromatic heterocycles. The van der Waals surface area contributed by atoms with Crippen molar-refractivity contribution < 1.29 is 22.7 Å². The second-order valence-corrected chi connectivity index (χ2v) is 7.12. The molecule has 0 spiro atoms. The highest BCUT2D eigenvalue weighted by Crippen LogP contribution is 2.25. The van der Waals surface area contributed by atoms with E-state index in [1.165, 1.54) is 10.4 Å². The van der Waals surface area contributed by atoms with Gasteiger partial charge in [0.25, 0.3) is 10.0 Å². The van der Waals surface area contributed by atoms with Gasteiger partial charge >= 0.3 is 5.97 Å². The molecule has 1 aromatic rings. The Morgan fingerprint density at radius 1 is 1.45 bits per heavy atom. The van der Waals surface area contributed by atoms with E-state index in [0.29, 0.717) is 6.54 Å². The van der Waals surface area contributed by atoms with Crippen molar-refractivity contribution >= 4 is 33.2 Å². The van der Waals surface area contributed by atoms with Crippen LogP contribution in [0, 0.1) is 0 Å². The van der Waals surface area contributed by atoms with Gasteiger partial charge in [-0.2, -0.15) is 4.31 Å². The molecule has 0 atom stereocenters. The summed E-state index contributed by atoms with van der Waals surface area (Å²) in [5.41, 5.74) is 1.01. The quantitative estimate of drug-likeness (QED) is 0.690. The molecule has 2 heterocycles. The number of piperazine rings is 1. The second-order valence-electron chi connectivity index (χ2n) is 4.13. The summed E-state index contributed by atoms with van der Waals surface area (Å²) in [6.45, 7) is 0.255. The minimum absolute atomic E-state index is 0.184. The molecule has 10 heteroatoms. The molecular formula is C10H13N3O5S2. The van der Waals surface area contributed by atoms with Crippen LogP contribution in [0.15, 0.2) is 9.72 Å². The summed E-state index contributed by atoms with van der Waals surface area (Å²) in [4.78, 5) is 28.3. The van der Waals surface area contributed by atoms with Crippen molar-refractivity contribution in [3.05, 3.63) is 11.2 Å². The van der Waals surface area contributed by atoms with Gasteiger partial charge in [-0.05, 0) is 0 Å². The minimum Gasteiger partial charge on any atom is -0.464 e. The first kappa shape index (κ1) is 14.9. The Bertz CT molecular complexity index is 639. The van der Waals surface area contributed by atoms with Crippen LogP contribution in [-0.4, -0.2) is 68.3 Å². The Kier molecular flexibility index (Phi) is 4.06. The average Bonchev–Trinajstić information content (AvgIpc) is 2.90. The van der Waals surface area contributed by atoms with Crippen LogP contribution < -0.4 is 0 Å². The van der Waals surface area contributed by atoms with Crippen molar-refractivity contribution in [1.82, 2.24) is 14.2 Å². The first-order valence-electron chi connectivity index (χ1n) is 5.64. The Morgan fingerprint density at radius 3 is 2.75 bits per heavy atom.